The van der Waals surface area contributed by atoms with Gasteiger partial charge in [0, 0.05) is 12.5 Å². The molecule has 1 atom stereocenters. The molecule has 0 bridgehead atoms. The van der Waals surface area contributed by atoms with E-state index in [-0.39, 0.29) is 23.2 Å². The van der Waals surface area contributed by atoms with Crippen molar-refractivity contribution < 1.29 is 19.2 Å². The lowest BCUT2D eigenvalue weighted by atomic mass is 10.0. The Morgan fingerprint density at radius 2 is 2.20 bits per heavy atom. The Morgan fingerprint density at radius 3 is 2.75 bits per heavy atom. The van der Waals surface area contributed by atoms with Gasteiger partial charge in [-0.15, -0.1) is 0 Å². The lowest BCUT2D eigenvalue weighted by Gasteiger charge is -2.21. The number of ether oxygens (including phenoxy) is 2. The molecule has 0 fully saturated rings. The summed E-state index contributed by atoms with van der Waals surface area (Å²) >= 11 is 3.12. The van der Waals surface area contributed by atoms with E-state index in [1.165, 1.54) is 26.2 Å². The summed E-state index contributed by atoms with van der Waals surface area (Å²) in [4.78, 5) is 21.6. The maximum absolute atomic E-state index is 11.4. The minimum atomic E-state index is -1.16. The van der Waals surface area contributed by atoms with Gasteiger partial charge in [-0.2, -0.15) is 0 Å². The number of nitro groups is 1. The average Bonchev–Trinajstić information content (AvgIpc) is 2.39. The Balaban J connectivity index is 2.70. The van der Waals surface area contributed by atoms with Gasteiger partial charge < -0.3 is 15.2 Å². The lowest BCUT2D eigenvalue weighted by Crippen LogP contribution is -2.46. The van der Waals surface area contributed by atoms with E-state index in [9.17, 15) is 14.9 Å². The largest absolute Gasteiger partial charge is 0.492 e. The first kappa shape index (κ1) is 16.4. The highest BCUT2D eigenvalue weighted by Gasteiger charge is 2.29. The van der Waals surface area contributed by atoms with Crippen LogP contribution in [0.2, 0.25) is 0 Å². The van der Waals surface area contributed by atoms with Crippen LogP contribution in [-0.2, 0) is 9.53 Å². The minimum Gasteiger partial charge on any atom is -0.492 e. The maximum Gasteiger partial charge on any atom is 0.325 e. The summed E-state index contributed by atoms with van der Waals surface area (Å²) in [5, 5.41) is 10.8. The molecule has 110 valence electrons. The number of esters is 1. The summed E-state index contributed by atoms with van der Waals surface area (Å²) in [5.74, 6) is -0.223. The molecule has 8 heteroatoms. The summed E-state index contributed by atoms with van der Waals surface area (Å²) < 4.78 is 10.2. The topological polar surface area (TPSA) is 105 Å². The Bertz CT molecular complexity index is 519. The van der Waals surface area contributed by atoms with Gasteiger partial charge >= 0.3 is 5.97 Å². The first-order chi connectivity index (χ1) is 9.29. The van der Waals surface area contributed by atoms with E-state index in [0.29, 0.717) is 5.75 Å². The number of nitrogens with two attached hydrogens (primary N) is 1. The molecule has 0 aliphatic heterocycles. The quantitative estimate of drug-likeness (QED) is 0.480. The van der Waals surface area contributed by atoms with Crippen LogP contribution in [0, 0.1) is 10.1 Å². The zero-order valence-corrected chi connectivity index (χ0v) is 12.7. The number of hydrogen-bond acceptors (Lipinski definition) is 6. The monoisotopic (exact) mass is 346 g/mol. The van der Waals surface area contributed by atoms with Crippen molar-refractivity contribution in [1.82, 2.24) is 0 Å². The van der Waals surface area contributed by atoms with Gasteiger partial charge in [0.05, 0.1) is 18.6 Å². The predicted octanol–water partition coefficient (Wildman–Crippen LogP) is 2.02. The summed E-state index contributed by atoms with van der Waals surface area (Å²) in [6.07, 6.45) is 0.217. The van der Waals surface area contributed by atoms with E-state index < -0.39 is 16.4 Å². The molecule has 0 radical (unpaired) electrons. The van der Waals surface area contributed by atoms with Crippen LogP contribution in [0.25, 0.3) is 0 Å². The van der Waals surface area contributed by atoms with Gasteiger partial charge in [0.2, 0.25) is 0 Å². The van der Waals surface area contributed by atoms with Gasteiger partial charge in [0.15, 0.2) is 0 Å². The minimum absolute atomic E-state index is 0.0917. The molecule has 0 amide bonds. The van der Waals surface area contributed by atoms with Crippen molar-refractivity contribution in [3.05, 3.63) is 32.8 Å². The second-order valence-corrected chi connectivity index (χ2v) is 5.15. The van der Waals surface area contributed by atoms with Crippen LogP contribution in [0.4, 0.5) is 5.69 Å². The molecule has 1 rings (SSSR count). The number of halogens is 1. The van der Waals surface area contributed by atoms with Crippen molar-refractivity contribution in [2.75, 3.05) is 13.7 Å². The fourth-order valence-corrected chi connectivity index (χ4v) is 1.98. The molecule has 1 aromatic carbocycles. The smallest absolute Gasteiger partial charge is 0.325 e. The van der Waals surface area contributed by atoms with Crippen LogP contribution in [-0.4, -0.2) is 30.1 Å². The molecule has 0 aliphatic rings. The average molecular weight is 347 g/mol. The van der Waals surface area contributed by atoms with Crippen molar-refractivity contribution >= 4 is 27.6 Å². The second-order valence-electron chi connectivity index (χ2n) is 4.35. The van der Waals surface area contributed by atoms with E-state index >= 15 is 0 Å². The Hall–Kier alpha value is -1.67. The fourth-order valence-electron chi connectivity index (χ4n) is 1.46. The van der Waals surface area contributed by atoms with E-state index in [4.69, 9.17) is 10.5 Å². The summed E-state index contributed by atoms with van der Waals surface area (Å²) in [6, 6.07) is 4.46. The van der Waals surface area contributed by atoms with Crippen molar-refractivity contribution in [1.29, 1.82) is 0 Å². The highest BCUT2D eigenvalue weighted by Crippen LogP contribution is 2.33. The van der Waals surface area contributed by atoms with Crippen molar-refractivity contribution in [2.45, 2.75) is 18.9 Å². The lowest BCUT2D eigenvalue weighted by molar-refractivity contribution is -0.385. The molecule has 1 unspecified atom stereocenters. The summed E-state index contributed by atoms with van der Waals surface area (Å²) in [5.41, 5.74) is 4.52. The molecule has 0 heterocycles. The van der Waals surface area contributed by atoms with Gasteiger partial charge in [-0.25, -0.2) is 0 Å². The third kappa shape index (κ3) is 3.91. The Kier molecular flexibility index (Phi) is 5.46. The second kappa shape index (κ2) is 6.67. The van der Waals surface area contributed by atoms with Crippen LogP contribution in [0.1, 0.15) is 13.3 Å². The SMILES string of the molecule is COC(=O)C(C)(N)CCOc1cccc([N+](=O)[O-])c1Br. The first-order valence-electron chi connectivity index (χ1n) is 5.72. The molecule has 0 aromatic heterocycles. The number of hydrogen-bond donors (Lipinski definition) is 1. The van der Waals surface area contributed by atoms with E-state index in [0.717, 1.165) is 0 Å². The highest BCUT2D eigenvalue weighted by molar-refractivity contribution is 9.10. The molecule has 0 aliphatic carbocycles. The Morgan fingerprint density at radius 1 is 1.55 bits per heavy atom. The van der Waals surface area contributed by atoms with Crippen LogP contribution < -0.4 is 10.5 Å². The standard InChI is InChI=1S/C12H15BrN2O5/c1-12(14,11(16)19-2)6-7-20-9-5-3-4-8(10(9)13)15(17)18/h3-5H,6-7,14H2,1-2H3. The van der Waals surface area contributed by atoms with Crippen molar-refractivity contribution in [2.24, 2.45) is 5.73 Å². The van der Waals surface area contributed by atoms with Crippen molar-refractivity contribution in [3.63, 3.8) is 0 Å². The van der Waals surface area contributed by atoms with Crippen LogP contribution in [0.5, 0.6) is 5.75 Å². The number of nitrogens with zero attached hydrogens (tertiary/aromatic N) is 1. The van der Waals surface area contributed by atoms with Crippen LogP contribution in [0.15, 0.2) is 22.7 Å². The third-order valence-electron chi connectivity index (χ3n) is 2.67. The van der Waals surface area contributed by atoms with Gasteiger partial charge in [-0.05, 0) is 28.9 Å². The van der Waals surface area contributed by atoms with Gasteiger partial charge in [0.1, 0.15) is 15.8 Å². The zero-order chi connectivity index (χ0) is 15.3. The zero-order valence-electron chi connectivity index (χ0n) is 11.1. The molecular formula is C12H15BrN2O5. The molecule has 1 aromatic rings. The number of carbonyl (C=O) groups is 1. The summed E-state index contributed by atoms with van der Waals surface area (Å²) in [7, 11) is 1.26. The van der Waals surface area contributed by atoms with Gasteiger partial charge in [0.25, 0.3) is 5.69 Å². The highest BCUT2D eigenvalue weighted by atomic mass is 79.9. The van der Waals surface area contributed by atoms with Crippen LogP contribution >= 0.6 is 15.9 Å². The molecule has 20 heavy (non-hydrogen) atoms. The molecule has 7 nitrogen and oxygen atoms in total. The van der Waals surface area contributed by atoms with E-state index in [1.807, 2.05) is 0 Å². The molecule has 2 N–H and O–H groups in total. The van der Waals surface area contributed by atoms with Crippen molar-refractivity contribution in [3.8, 4) is 5.75 Å². The maximum atomic E-state index is 11.4. The third-order valence-corrected chi connectivity index (χ3v) is 3.47. The fraction of sp³-hybridized carbons (Fsp3) is 0.417. The summed E-state index contributed by atoms with van der Waals surface area (Å²) in [6.45, 7) is 1.66. The van der Waals surface area contributed by atoms with Gasteiger partial charge in [-0.1, -0.05) is 6.07 Å². The predicted molar refractivity (Wildman–Crippen MR) is 75.5 cm³/mol. The Labute approximate surface area is 124 Å². The number of methoxy groups -OCH3 is 1. The van der Waals surface area contributed by atoms with Gasteiger partial charge in [-0.3, -0.25) is 14.9 Å². The molecule has 0 spiro atoms. The van der Waals surface area contributed by atoms with E-state index in [1.54, 1.807) is 6.07 Å². The number of nitro benzene ring substituents is 1. The molecular weight excluding hydrogens is 332 g/mol. The number of rotatable bonds is 6. The van der Waals surface area contributed by atoms with Crippen LogP contribution in [0.3, 0.4) is 0 Å². The number of carbonyl (C=O) groups excluding carboxylic acids is 1. The molecule has 0 saturated heterocycles. The van der Waals surface area contributed by atoms with E-state index in [2.05, 4.69) is 20.7 Å². The normalized spacial score (nSPS) is 13.4. The first-order valence-corrected chi connectivity index (χ1v) is 6.52. The number of benzene rings is 1. The molecule has 0 saturated carbocycles.